The Kier molecular flexibility index (Phi) is 4.95. The number of amides is 2. The van der Waals surface area contributed by atoms with Gasteiger partial charge in [-0.2, -0.15) is 13.2 Å². The van der Waals surface area contributed by atoms with E-state index in [0.29, 0.717) is 0 Å². The number of amidine groups is 1. The standard InChI is InChI=1S/C12H15F3N4O/c1-7(6-10(16)17)18-11(20)19-9-4-2-8(3-5-9)12(13,14)15/h2-5,7H,6H2,1H3,(H3,16,17)(H2,18,19,20). The van der Waals surface area contributed by atoms with Gasteiger partial charge in [0.15, 0.2) is 0 Å². The zero-order valence-electron chi connectivity index (χ0n) is 10.7. The summed E-state index contributed by atoms with van der Waals surface area (Å²) in [6, 6.07) is 3.18. The summed E-state index contributed by atoms with van der Waals surface area (Å²) >= 11 is 0. The van der Waals surface area contributed by atoms with Gasteiger partial charge in [-0.15, -0.1) is 0 Å². The van der Waals surface area contributed by atoms with Crippen molar-refractivity contribution in [3.05, 3.63) is 29.8 Å². The second-order valence-corrected chi connectivity index (χ2v) is 4.30. The fraction of sp³-hybridized carbons (Fsp3) is 0.333. The van der Waals surface area contributed by atoms with Crippen LogP contribution >= 0.6 is 0 Å². The molecule has 0 aliphatic rings. The van der Waals surface area contributed by atoms with E-state index < -0.39 is 17.8 Å². The quantitative estimate of drug-likeness (QED) is 0.506. The fourth-order valence-electron chi connectivity index (χ4n) is 1.51. The van der Waals surface area contributed by atoms with Crippen LogP contribution in [0.1, 0.15) is 18.9 Å². The van der Waals surface area contributed by atoms with Gasteiger partial charge in [-0.3, -0.25) is 5.41 Å². The first-order valence-electron chi connectivity index (χ1n) is 5.76. The van der Waals surface area contributed by atoms with Crippen molar-refractivity contribution in [1.29, 1.82) is 5.41 Å². The van der Waals surface area contributed by atoms with Crippen LogP contribution in [0.5, 0.6) is 0 Å². The molecule has 1 aromatic rings. The Labute approximate surface area is 113 Å². The van der Waals surface area contributed by atoms with Crippen LogP contribution in [-0.2, 0) is 6.18 Å². The Morgan fingerprint density at radius 2 is 1.90 bits per heavy atom. The molecule has 0 saturated heterocycles. The molecule has 8 heteroatoms. The highest BCUT2D eigenvalue weighted by Crippen LogP contribution is 2.29. The highest BCUT2D eigenvalue weighted by Gasteiger charge is 2.29. The topological polar surface area (TPSA) is 91.0 Å². The molecule has 0 fully saturated rings. The Morgan fingerprint density at radius 3 is 2.35 bits per heavy atom. The Bertz CT molecular complexity index is 484. The second kappa shape index (κ2) is 6.27. The van der Waals surface area contributed by atoms with Crippen LogP contribution in [0, 0.1) is 5.41 Å². The van der Waals surface area contributed by atoms with Crippen LogP contribution in [0.25, 0.3) is 0 Å². The highest BCUT2D eigenvalue weighted by atomic mass is 19.4. The maximum absolute atomic E-state index is 12.3. The molecule has 0 spiro atoms. The summed E-state index contributed by atoms with van der Waals surface area (Å²) in [7, 11) is 0. The van der Waals surface area contributed by atoms with Gasteiger partial charge in [-0.25, -0.2) is 4.79 Å². The van der Waals surface area contributed by atoms with Gasteiger partial charge in [0.2, 0.25) is 0 Å². The number of rotatable bonds is 4. The van der Waals surface area contributed by atoms with E-state index in [0.717, 1.165) is 24.3 Å². The number of urea groups is 1. The molecule has 0 saturated carbocycles. The minimum atomic E-state index is -4.41. The predicted octanol–water partition coefficient (Wildman–Crippen LogP) is 2.54. The summed E-state index contributed by atoms with van der Waals surface area (Å²) < 4.78 is 37.0. The lowest BCUT2D eigenvalue weighted by Gasteiger charge is -2.14. The molecule has 1 unspecified atom stereocenters. The van der Waals surface area contributed by atoms with Crippen LogP contribution in [0.4, 0.5) is 23.7 Å². The van der Waals surface area contributed by atoms with Crippen molar-refractivity contribution in [3.63, 3.8) is 0 Å². The average molecular weight is 288 g/mol. The van der Waals surface area contributed by atoms with Crippen LogP contribution < -0.4 is 16.4 Å². The molecule has 1 aromatic carbocycles. The van der Waals surface area contributed by atoms with Crippen molar-refractivity contribution >= 4 is 17.6 Å². The number of carbonyl (C=O) groups excluding carboxylic acids is 1. The molecule has 0 aliphatic carbocycles. The first kappa shape index (κ1) is 15.8. The molecule has 0 aromatic heterocycles. The number of halogens is 3. The number of nitrogens with two attached hydrogens (primary N) is 1. The SMILES string of the molecule is CC(CC(=N)N)NC(=O)Nc1ccc(C(F)(F)F)cc1. The number of anilines is 1. The molecule has 5 N–H and O–H groups in total. The molecular formula is C12H15F3N4O. The lowest BCUT2D eigenvalue weighted by Crippen LogP contribution is -2.38. The van der Waals surface area contributed by atoms with Crippen LogP contribution in [-0.4, -0.2) is 17.9 Å². The summed E-state index contributed by atoms with van der Waals surface area (Å²) in [5.74, 6) is -0.0627. The number of benzene rings is 1. The van der Waals surface area contributed by atoms with Gasteiger partial charge in [-0.1, -0.05) is 0 Å². The third-order valence-electron chi connectivity index (χ3n) is 2.37. The summed E-state index contributed by atoms with van der Waals surface area (Å²) in [6.45, 7) is 1.66. The van der Waals surface area contributed by atoms with Crippen LogP contribution in [0.3, 0.4) is 0 Å². The van der Waals surface area contributed by atoms with Crippen molar-refractivity contribution in [2.24, 2.45) is 5.73 Å². The number of hydrogen-bond acceptors (Lipinski definition) is 2. The lowest BCUT2D eigenvalue weighted by atomic mass is 10.2. The van der Waals surface area contributed by atoms with Gasteiger partial charge in [0.25, 0.3) is 0 Å². The van der Waals surface area contributed by atoms with Gasteiger partial charge in [0, 0.05) is 18.2 Å². The molecular weight excluding hydrogens is 273 g/mol. The number of carbonyl (C=O) groups is 1. The number of nitrogens with one attached hydrogen (secondary N) is 3. The molecule has 20 heavy (non-hydrogen) atoms. The van der Waals surface area contributed by atoms with E-state index >= 15 is 0 Å². The van der Waals surface area contributed by atoms with Crippen molar-refractivity contribution in [2.45, 2.75) is 25.6 Å². The number of hydrogen-bond donors (Lipinski definition) is 4. The monoisotopic (exact) mass is 288 g/mol. The van der Waals surface area contributed by atoms with E-state index in [1.54, 1.807) is 6.92 Å². The molecule has 0 heterocycles. The summed E-state index contributed by atoms with van der Waals surface area (Å²) in [6.07, 6.45) is -4.21. The first-order valence-corrected chi connectivity index (χ1v) is 5.76. The largest absolute Gasteiger partial charge is 0.416 e. The van der Waals surface area contributed by atoms with Crippen LogP contribution in [0.2, 0.25) is 0 Å². The van der Waals surface area contributed by atoms with Gasteiger partial charge >= 0.3 is 12.2 Å². The van der Waals surface area contributed by atoms with Gasteiger partial charge < -0.3 is 16.4 Å². The highest BCUT2D eigenvalue weighted by molar-refractivity contribution is 5.89. The van der Waals surface area contributed by atoms with Crippen molar-refractivity contribution in [2.75, 3.05) is 5.32 Å². The fourth-order valence-corrected chi connectivity index (χ4v) is 1.51. The Morgan fingerprint density at radius 1 is 1.35 bits per heavy atom. The van der Waals surface area contributed by atoms with E-state index in [-0.39, 0.29) is 24.0 Å². The molecule has 110 valence electrons. The Balaban J connectivity index is 2.56. The minimum absolute atomic E-state index is 0.0627. The van der Waals surface area contributed by atoms with Crippen molar-refractivity contribution in [1.82, 2.24) is 5.32 Å². The normalized spacial score (nSPS) is 12.6. The molecule has 1 rings (SSSR count). The molecule has 0 aliphatic heterocycles. The van der Waals surface area contributed by atoms with E-state index in [9.17, 15) is 18.0 Å². The summed E-state index contributed by atoms with van der Waals surface area (Å²) in [5, 5.41) is 12.0. The van der Waals surface area contributed by atoms with E-state index in [2.05, 4.69) is 10.6 Å². The van der Waals surface area contributed by atoms with E-state index in [4.69, 9.17) is 11.1 Å². The van der Waals surface area contributed by atoms with Gasteiger partial charge in [0.1, 0.15) is 0 Å². The van der Waals surface area contributed by atoms with Gasteiger partial charge in [0.05, 0.1) is 11.4 Å². The molecule has 0 radical (unpaired) electrons. The summed E-state index contributed by atoms with van der Waals surface area (Å²) in [5.41, 5.74) is 4.64. The first-order chi connectivity index (χ1) is 9.18. The number of alkyl halides is 3. The predicted molar refractivity (Wildman–Crippen MR) is 69.6 cm³/mol. The van der Waals surface area contributed by atoms with Gasteiger partial charge in [-0.05, 0) is 31.2 Å². The van der Waals surface area contributed by atoms with Crippen molar-refractivity contribution < 1.29 is 18.0 Å². The molecule has 0 bridgehead atoms. The smallest absolute Gasteiger partial charge is 0.388 e. The molecule has 2 amide bonds. The van der Waals surface area contributed by atoms with Crippen LogP contribution in [0.15, 0.2) is 24.3 Å². The lowest BCUT2D eigenvalue weighted by molar-refractivity contribution is -0.137. The van der Waals surface area contributed by atoms with Crippen molar-refractivity contribution in [3.8, 4) is 0 Å². The summed E-state index contributed by atoms with van der Waals surface area (Å²) in [4.78, 5) is 11.5. The Hall–Kier alpha value is -2.25. The minimum Gasteiger partial charge on any atom is -0.388 e. The second-order valence-electron chi connectivity index (χ2n) is 4.30. The average Bonchev–Trinajstić information content (AvgIpc) is 2.26. The molecule has 1 atom stereocenters. The zero-order valence-corrected chi connectivity index (χ0v) is 10.7. The maximum Gasteiger partial charge on any atom is 0.416 e. The maximum atomic E-state index is 12.3. The van der Waals surface area contributed by atoms with E-state index in [1.807, 2.05) is 0 Å². The third kappa shape index (κ3) is 5.17. The third-order valence-corrected chi connectivity index (χ3v) is 2.37. The zero-order chi connectivity index (χ0) is 15.3. The molecule has 5 nitrogen and oxygen atoms in total. The van der Waals surface area contributed by atoms with E-state index in [1.165, 1.54) is 0 Å².